The van der Waals surface area contributed by atoms with Crippen LogP contribution in [0.25, 0.3) is 0 Å². The van der Waals surface area contributed by atoms with E-state index in [4.69, 9.17) is 20.7 Å². The van der Waals surface area contributed by atoms with Gasteiger partial charge in [-0.15, -0.1) is 0 Å². The third kappa shape index (κ3) is 5.49. The molecule has 0 aliphatic rings. The molecule has 0 aromatic carbocycles. The normalized spacial score (nSPS) is 16.5. The molecule has 0 fully saturated rings. The van der Waals surface area contributed by atoms with Crippen LogP contribution in [0.3, 0.4) is 0 Å². The fourth-order valence-electron chi connectivity index (χ4n) is 0.585. The molecule has 0 bridgehead atoms. The first-order valence-electron chi connectivity index (χ1n) is 4.20. The van der Waals surface area contributed by atoms with E-state index < -0.39 is 6.10 Å². The van der Waals surface area contributed by atoms with Crippen LogP contribution in [0.15, 0.2) is 0 Å². The van der Waals surface area contributed by atoms with Crippen molar-refractivity contribution in [3.63, 3.8) is 0 Å². The Balaban J connectivity index is 3.30. The van der Waals surface area contributed by atoms with Crippen molar-refractivity contribution in [1.29, 1.82) is 0 Å². The first-order chi connectivity index (χ1) is 5.57. The highest BCUT2D eigenvalue weighted by Gasteiger charge is 2.08. The summed E-state index contributed by atoms with van der Waals surface area (Å²) in [6.45, 7) is 4.33. The molecule has 0 heterocycles. The summed E-state index contributed by atoms with van der Waals surface area (Å²) >= 11 is 0. The molecule has 4 heteroatoms. The average Bonchev–Trinajstić information content (AvgIpc) is 2.03. The maximum Gasteiger partial charge on any atom is 0.100 e. The minimum atomic E-state index is -0.788. The van der Waals surface area contributed by atoms with Gasteiger partial charge in [-0.25, -0.2) is 0 Å². The fraction of sp³-hybridized carbons (Fsp3) is 1.00. The van der Waals surface area contributed by atoms with Crippen LogP contribution in [-0.2, 0) is 4.74 Å². The lowest BCUT2D eigenvalue weighted by atomic mass is 10.1. The van der Waals surface area contributed by atoms with Crippen molar-refractivity contribution in [2.45, 2.75) is 26.0 Å². The quantitative estimate of drug-likeness (QED) is 0.503. The van der Waals surface area contributed by atoms with E-state index in [1.54, 1.807) is 0 Å². The number of aliphatic hydroxyl groups excluding tert-OH is 2. The molecule has 74 valence electrons. The van der Waals surface area contributed by atoms with E-state index in [1.165, 1.54) is 0 Å². The van der Waals surface area contributed by atoms with Crippen LogP contribution < -0.4 is 5.73 Å². The van der Waals surface area contributed by atoms with Gasteiger partial charge in [0, 0.05) is 6.04 Å². The first-order valence-corrected chi connectivity index (χ1v) is 4.20. The molecule has 0 aromatic heterocycles. The van der Waals surface area contributed by atoms with Crippen molar-refractivity contribution in [2.75, 3.05) is 19.8 Å². The number of aliphatic hydroxyl groups is 2. The Bertz CT molecular complexity index is 108. The smallest absolute Gasteiger partial charge is 0.100 e. The monoisotopic (exact) mass is 177 g/mol. The second-order valence-corrected chi connectivity index (χ2v) is 3.28. The second-order valence-electron chi connectivity index (χ2n) is 3.28. The van der Waals surface area contributed by atoms with Gasteiger partial charge in [-0.3, -0.25) is 0 Å². The molecule has 4 nitrogen and oxygen atoms in total. The third-order valence-electron chi connectivity index (χ3n) is 1.69. The van der Waals surface area contributed by atoms with Crippen LogP contribution in [0.4, 0.5) is 0 Å². The van der Waals surface area contributed by atoms with Gasteiger partial charge in [0.1, 0.15) is 6.10 Å². The van der Waals surface area contributed by atoms with Crippen molar-refractivity contribution in [2.24, 2.45) is 11.7 Å². The average molecular weight is 177 g/mol. The van der Waals surface area contributed by atoms with Gasteiger partial charge >= 0.3 is 0 Å². The summed E-state index contributed by atoms with van der Waals surface area (Å²) in [5.74, 6) is 0.372. The highest BCUT2D eigenvalue weighted by molar-refractivity contribution is 4.64. The molecule has 0 saturated carbocycles. The van der Waals surface area contributed by atoms with Crippen molar-refractivity contribution >= 4 is 0 Å². The first kappa shape index (κ1) is 11.8. The van der Waals surface area contributed by atoms with E-state index in [1.807, 2.05) is 13.8 Å². The number of hydrogen-bond donors (Lipinski definition) is 3. The van der Waals surface area contributed by atoms with Crippen LogP contribution >= 0.6 is 0 Å². The van der Waals surface area contributed by atoms with E-state index in [0.717, 1.165) is 0 Å². The second kappa shape index (κ2) is 6.37. The lowest BCUT2D eigenvalue weighted by molar-refractivity contribution is -0.000339. The zero-order chi connectivity index (χ0) is 9.56. The molecule has 4 N–H and O–H groups in total. The third-order valence-corrected chi connectivity index (χ3v) is 1.69. The van der Waals surface area contributed by atoms with Gasteiger partial charge in [-0.1, -0.05) is 13.8 Å². The highest BCUT2D eigenvalue weighted by Crippen LogP contribution is 1.98. The van der Waals surface area contributed by atoms with E-state index in [0.29, 0.717) is 12.5 Å². The Morgan fingerprint density at radius 1 is 1.33 bits per heavy atom. The summed E-state index contributed by atoms with van der Waals surface area (Å²) in [6, 6.07) is -0.00380. The van der Waals surface area contributed by atoms with Crippen LogP contribution in [0, 0.1) is 5.92 Å². The predicted molar refractivity (Wildman–Crippen MR) is 46.7 cm³/mol. The number of rotatable bonds is 6. The molecule has 0 aliphatic carbocycles. The molecule has 2 unspecified atom stereocenters. The van der Waals surface area contributed by atoms with E-state index in [-0.39, 0.29) is 19.3 Å². The molecule has 0 radical (unpaired) electrons. The summed E-state index contributed by atoms with van der Waals surface area (Å²) in [4.78, 5) is 0. The van der Waals surface area contributed by atoms with Crippen molar-refractivity contribution in [1.82, 2.24) is 0 Å². The van der Waals surface area contributed by atoms with Gasteiger partial charge in [0.25, 0.3) is 0 Å². The summed E-state index contributed by atoms with van der Waals surface area (Å²) in [5, 5.41) is 17.3. The molecule has 0 rings (SSSR count). The summed E-state index contributed by atoms with van der Waals surface area (Å²) < 4.78 is 5.07. The number of nitrogens with two attached hydrogens (primary N) is 1. The summed E-state index contributed by atoms with van der Waals surface area (Å²) in [7, 11) is 0. The predicted octanol–water partition coefficient (Wildman–Crippen LogP) is -0.660. The highest BCUT2D eigenvalue weighted by atomic mass is 16.5. The molecule has 0 aliphatic heterocycles. The fourth-order valence-corrected chi connectivity index (χ4v) is 0.585. The van der Waals surface area contributed by atoms with Crippen LogP contribution in [0.5, 0.6) is 0 Å². The van der Waals surface area contributed by atoms with Crippen molar-refractivity contribution in [3.8, 4) is 0 Å². The van der Waals surface area contributed by atoms with Gasteiger partial charge in [-0.05, 0) is 5.92 Å². The van der Waals surface area contributed by atoms with Gasteiger partial charge < -0.3 is 20.7 Å². The molecular weight excluding hydrogens is 158 g/mol. The maximum absolute atomic E-state index is 8.89. The Morgan fingerprint density at radius 3 is 2.33 bits per heavy atom. The molecule has 12 heavy (non-hydrogen) atoms. The van der Waals surface area contributed by atoms with Crippen LogP contribution in [-0.4, -0.2) is 42.2 Å². The van der Waals surface area contributed by atoms with Gasteiger partial charge in [-0.2, -0.15) is 0 Å². The van der Waals surface area contributed by atoms with Crippen LogP contribution in [0.1, 0.15) is 13.8 Å². The lowest BCUT2D eigenvalue weighted by Crippen LogP contribution is -2.33. The van der Waals surface area contributed by atoms with Crippen molar-refractivity contribution < 1.29 is 14.9 Å². The van der Waals surface area contributed by atoms with Gasteiger partial charge in [0.15, 0.2) is 0 Å². The number of ether oxygens (including phenoxy) is 1. The van der Waals surface area contributed by atoms with Gasteiger partial charge in [0.05, 0.1) is 19.8 Å². The summed E-state index contributed by atoms with van der Waals surface area (Å²) in [5.41, 5.74) is 5.68. The van der Waals surface area contributed by atoms with Gasteiger partial charge in [0.2, 0.25) is 0 Å². The lowest BCUT2D eigenvalue weighted by Gasteiger charge is -2.16. The minimum absolute atomic E-state index is 0.00380. The molecule has 0 spiro atoms. The molecule has 0 aromatic rings. The largest absolute Gasteiger partial charge is 0.394 e. The number of hydrogen-bond acceptors (Lipinski definition) is 4. The molecule has 0 amide bonds. The van der Waals surface area contributed by atoms with E-state index in [9.17, 15) is 0 Å². The standard InChI is InChI=1S/C8H19NO3/c1-6(2)8(9)5-12-4-7(11)3-10/h6-8,10-11H,3-5,9H2,1-2H3. The SMILES string of the molecule is CC(C)C(N)COCC(O)CO. The molecule has 0 saturated heterocycles. The topological polar surface area (TPSA) is 75.7 Å². The Morgan fingerprint density at radius 2 is 1.92 bits per heavy atom. The minimum Gasteiger partial charge on any atom is -0.394 e. The Labute approximate surface area is 73.3 Å². The molecular formula is C8H19NO3. The van der Waals surface area contributed by atoms with E-state index >= 15 is 0 Å². The Kier molecular flexibility index (Phi) is 6.28. The summed E-state index contributed by atoms with van der Waals surface area (Å²) in [6.07, 6.45) is -0.788. The van der Waals surface area contributed by atoms with E-state index in [2.05, 4.69) is 0 Å². The molecule has 2 atom stereocenters. The van der Waals surface area contributed by atoms with Crippen LogP contribution in [0.2, 0.25) is 0 Å². The Hall–Kier alpha value is -0.160. The maximum atomic E-state index is 8.89. The zero-order valence-electron chi connectivity index (χ0n) is 7.73. The zero-order valence-corrected chi connectivity index (χ0v) is 7.73. The van der Waals surface area contributed by atoms with Crippen molar-refractivity contribution in [3.05, 3.63) is 0 Å².